The van der Waals surface area contributed by atoms with Crippen molar-refractivity contribution in [3.05, 3.63) is 29.2 Å². The molecule has 4 N–H and O–H groups in total. The quantitative estimate of drug-likeness (QED) is 0.769. The zero-order valence-corrected chi connectivity index (χ0v) is 13.1. The summed E-state index contributed by atoms with van der Waals surface area (Å²) in [6.07, 6.45) is 5.31. The fourth-order valence-electron chi connectivity index (χ4n) is 2.38. The second-order valence-electron chi connectivity index (χ2n) is 4.97. The van der Waals surface area contributed by atoms with E-state index in [9.17, 15) is 4.79 Å². The molecule has 0 radical (unpaired) electrons. The van der Waals surface area contributed by atoms with Gasteiger partial charge in [-0.2, -0.15) is 0 Å². The summed E-state index contributed by atoms with van der Waals surface area (Å²) in [6, 6.07) is 0. The van der Waals surface area contributed by atoms with E-state index in [1.54, 1.807) is 11.8 Å². The Hall–Kier alpha value is -2.06. The van der Waals surface area contributed by atoms with E-state index in [-0.39, 0.29) is 5.91 Å². The number of aromatic amines is 1. The summed E-state index contributed by atoms with van der Waals surface area (Å²) < 4.78 is 0. The highest BCUT2D eigenvalue weighted by Crippen LogP contribution is 2.30. The number of carbonyl (C=O) groups excluding carboxylic acids is 1. The highest BCUT2D eigenvalue weighted by molar-refractivity contribution is 8.04. The first kappa shape index (κ1) is 14.9. The van der Waals surface area contributed by atoms with Crippen LogP contribution in [0.25, 0.3) is 11.0 Å². The molecule has 0 saturated carbocycles. The Bertz CT molecular complexity index is 725. The number of thioether (sulfide) groups is 1. The minimum absolute atomic E-state index is 0.0868. The predicted molar refractivity (Wildman–Crippen MR) is 88.6 cm³/mol. The summed E-state index contributed by atoms with van der Waals surface area (Å²) in [6.45, 7) is 3.73. The van der Waals surface area contributed by atoms with Crippen molar-refractivity contribution in [1.29, 1.82) is 0 Å². The van der Waals surface area contributed by atoms with Gasteiger partial charge in [0.05, 0.1) is 10.3 Å². The van der Waals surface area contributed by atoms with Crippen LogP contribution in [-0.4, -0.2) is 46.2 Å². The van der Waals surface area contributed by atoms with Crippen LogP contribution < -0.4 is 16.0 Å². The van der Waals surface area contributed by atoms with Crippen molar-refractivity contribution in [2.75, 3.05) is 30.3 Å². The molecule has 0 bridgehead atoms. The molecular weight excluding hydrogens is 300 g/mol. The number of H-pyrrole nitrogens is 1. The Balaban J connectivity index is 1.93. The van der Waals surface area contributed by atoms with Crippen LogP contribution in [0, 0.1) is 6.92 Å². The van der Waals surface area contributed by atoms with Crippen molar-refractivity contribution in [1.82, 2.24) is 20.3 Å². The minimum Gasteiger partial charge on any atom is -0.350 e. The van der Waals surface area contributed by atoms with Gasteiger partial charge in [0.2, 0.25) is 0 Å². The van der Waals surface area contributed by atoms with E-state index < -0.39 is 0 Å². The van der Waals surface area contributed by atoms with Gasteiger partial charge in [-0.15, -0.1) is 11.8 Å². The van der Waals surface area contributed by atoms with E-state index in [0.29, 0.717) is 18.0 Å². The van der Waals surface area contributed by atoms with Gasteiger partial charge in [-0.3, -0.25) is 4.79 Å². The average molecular weight is 318 g/mol. The van der Waals surface area contributed by atoms with E-state index >= 15 is 0 Å². The van der Waals surface area contributed by atoms with Gasteiger partial charge < -0.3 is 20.9 Å². The topological polar surface area (TPSA) is 99.9 Å². The van der Waals surface area contributed by atoms with Gasteiger partial charge in [-0.25, -0.2) is 9.97 Å². The monoisotopic (exact) mass is 318 g/mol. The number of nitrogens with one attached hydrogen (secondary N) is 2. The maximum Gasteiger partial charge on any atom is 0.259 e. The van der Waals surface area contributed by atoms with E-state index in [1.807, 2.05) is 24.2 Å². The number of anilines is 1. The fraction of sp³-hybridized carbons (Fsp3) is 0.357. The normalized spacial score (nSPS) is 15.0. The number of hydrogen-bond acceptors (Lipinski definition) is 6. The number of carbonyl (C=O) groups is 1. The van der Waals surface area contributed by atoms with E-state index in [4.69, 9.17) is 5.73 Å². The molecule has 0 atom stereocenters. The molecule has 3 rings (SSSR count). The number of fused-ring (bicyclic) bond motifs is 1. The van der Waals surface area contributed by atoms with Crippen LogP contribution in [0.15, 0.2) is 23.6 Å². The molecule has 0 aromatic carbocycles. The standard InChI is InChI=1S/C14H18N6OS/c1-9-6-17-12-11(9)13(19-8-18-12)20-4-5-22-10(7-20)14(21)16-3-2-15/h6-8H,2-5,15H2,1H3,(H,16,21)(H,17,18,19). The summed E-state index contributed by atoms with van der Waals surface area (Å²) >= 11 is 1.55. The van der Waals surface area contributed by atoms with Gasteiger partial charge in [0.15, 0.2) is 0 Å². The second kappa shape index (κ2) is 6.37. The van der Waals surface area contributed by atoms with Crippen LogP contribution >= 0.6 is 11.8 Å². The maximum absolute atomic E-state index is 12.1. The van der Waals surface area contributed by atoms with Crippen molar-refractivity contribution in [2.24, 2.45) is 5.73 Å². The molecule has 0 aliphatic carbocycles. The molecule has 7 nitrogen and oxygen atoms in total. The first-order valence-corrected chi connectivity index (χ1v) is 8.07. The van der Waals surface area contributed by atoms with Gasteiger partial charge in [0.25, 0.3) is 5.91 Å². The van der Waals surface area contributed by atoms with Crippen molar-refractivity contribution >= 4 is 34.5 Å². The summed E-state index contributed by atoms with van der Waals surface area (Å²) in [4.78, 5) is 26.6. The van der Waals surface area contributed by atoms with E-state index in [0.717, 1.165) is 34.7 Å². The predicted octanol–water partition coefficient (Wildman–Crippen LogP) is 0.736. The molecule has 0 saturated heterocycles. The van der Waals surface area contributed by atoms with Gasteiger partial charge in [0.1, 0.15) is 17.8 Å². The lowest BCUT2D eigenvalue weighted by Gasteiger charge is -2.25. The van der Waals surface area contributed by atoms with Gasteiger partial charge in [0, 0.05) is 37.8 Å². The molecule has 1 amide bonds. The molecular formula is C14H18N6OS. The second-order valence-corrected chi connectivity index (χ2v) is 6.11. The Morgan fingerprint density at radius 1 is 1.55 bits per heavy atom. The number of aromatic nitrogens is 3. The third kappa shape index (κ3) is 2.79. The van der Waals surface area contributed by atoms with Gasteiger partial charge in [-0.05, 0) is 12.5 Å². The lowest BCUT2D eigenvalue weighted by atomic mass is 10.2. The Morgan fingerprint density at radius 3 is 3.23 bits per heavy atom. The van der Waals surface area contributed by atoms with Crippen LogP contribution in [0.3, 0.4) is 0 Å². The van der Waals surface area contributed by atoms with Crippen molar-refractivity contribution in [3.63, 3.8) is 0 Å². The van der Waals surface area contributed by atoms with E-state index in [2.05, 4.69) is 20.3 Å². The zero-order valence-electron chi connectivity index (χ0n) is 12.3. The van der Waals surface area contributed by atoms with E-state index in [1.165, 1.54) is 6.33 Å². The maximum atomic E-state index is 12.1. The number of aryl methyl sites for hydroxylation is 1. The first-order valence-electron chi connectivity index (χ1n) is 7.09. The largest absolute Gasteiger partial charge is 0.350 e. The van der Waals surface area contributed by atoms with Crippen molar-refractivity contribution in [3.8, 4) is 0 Å². The number of nitrogens with zero attached hydrogens (tertiary/aromatic N) is 3. The molecule has 3 heterocycles. The number of amides is 1. The molecule has 2 aromatic heterocycles. The van der Waals surface area contributed by atoms with Crippen LogP contribution in [0.2, 0.25) is 0 Å². The minimum atomic E-state index is -0.0868. The number of rotatable bonds is 4. The van der Waals surface area contributed by atoms with Crippen molar-refractivity contribution < 1.29 is 4.79 Å². The Kier molecular flexibility index (Phi) is 4.30. The fourth-order valence-corrected chi connectivity index (χ4v) is 3.29. The van der Waals surface area contributed by atoms with Crippen molar-refractivity contribution in [2.45, 2.75) is 6.92 Å². The van der Waals surface area contributed by atoms with Gasteiger partial charge >= 0.3 is 0 Å². The molecule has 0 unspecified atom stereocenters. The van der Waals surface area contributed by atoms with Crippen LogP contribution in [0.1, 0.15) is 5.56 Å². The third-order valence-electron chi connectivity index (χ3n) is 3.44. The zero-order chi connectivity index (χ0) is 15.5. The number of hydrogen-bond donors (Lipinski definition) is 3. The molecule has 8 heteroatoms. The van der Waals surface area contributed by atoms with Crippen LogP contribution in [-0.2, 0) is 4.79 Å². The molecule has 116 valence electrons. The summed E-state index contributed by atoms with van der Waals surface area (Å²) in [7, 11) is 0. The highest BCUT2D eigenvalue weighted by Gasteiger charge is 2.21. The lowest BCUT2D eigenvalue weighted by Crippen LogP contribution is -2.33. The molecule has 22 heavy (non-hydrogen) atoms. The lowest BCUT2D eigenvalue weighted by molar-refractivity contribution is -0.116. The molecule has 1 aliphatic rings. The SMILES string of the molecule is Cc1c[nH]c2ncnc(N3C=C(C(=O)NCCN)SCC3)c12. The highest BCUT2D eigenvalue weighted by atomic mass is 32.2. The Morgan fingerprint density at radius 2 is 2.41 bits per heavy atom. The van der Waals surface area contributed by atoms with Crippen LogP contribution in [0.4, 0.5) is 5.82 Å². The summed E-state index contributed by atoms with van der Waals surface area (Å²) in [5, 5.41) is 3.79. The number of nitrogens with two attached hydrogens (primary N) is 1. The smallest absolute Gasteiger partial charge is 0.259 e. The first-order chi connectivity index (χ1) is 10.7. The molecule has 2 aromatic rings. The third-order valence-corrected chi connectivity index (χ3v) is 4.42. The Labute approximate surface area is 132 Å². The summed E-state index contributed by atoms with van der Waals surface area (Å²) in [5.41, 5.74) is 7.32. The molecule has 1 aliphatic heterocycles. The summed E-state index contributed by atoms with van der Waals surface area (Å²) in [5.74, 6) is 1.57. The molecule has 0 spiro atoms. The van der Waals surface area contributed by atoms with Crippen LogP contribution in [0.5, 0.6) is 0 Å². The average Bonchev–Trinajstić information content (AvgIpc) is 2.94. The molecule has 0 fully saturated rings. The van der Waals surface area contributed by atoms with Gasteiger partial charge in [-0.1, -0.05) is 0 Å².